The lowest BCUT2D eigenvalue weighted by Crippen LogP contribution is -2.34. The molecule has 1 aliphatic rings. The van der Waals surface area contributed by atoms with Crippen molar-refractivity contribution in [2.45, 2.75) is 36.8 Å². The highest BCUT2D eigenvalue weighted by atomic mass is 32.2. The van der Waals surface area contributed by atoms with Crippen molar-refractivity contribution in [3.8, 4) is 17.1 Å². The van der Waals surface area contributed by atoms with Gasteiger partial charge in [0.15, 0.2) is 11.0 Å². The second-order valence-electron chi connectivity index (χ2n) is 6.46. The number of ether oxygens (including phenoxy) is 2. The van der Waals surface area contributed by atoms with Crippen molar-refractivity contribution in [3.05, 3.63) is 24.3 Å². The number of nitrogens with zero attached hydrogens (tertiary/aromatic N) is 3. The third-order valence-corrected chi connectivity index (χ3v) is 5.26. The maximum absolute atomic E-state index is 12.2. The van der Waals surface area contributed by atoms with Gasteiger partial charge in [-0.05, 0) is 37.1 Å². The third kappa shape index (κ3) is 6.10. The van der Waals surface area contributed by atoms with Crippen LogP contribution in [-0.2, 0) is 16.1 Å². The Morgan fingerprint density at radius 2 is 2.10 bits per heavy atom. The lowest BCUT2D eigenvalue weighted by molar-refractivity contribution is -0.136. The van der Waals surface area contributed by atoms with Crippen molar-refractivity contribution in [1.29, 1.82) is 0 Å². The maximum atomic E-state index is 12.2. The van der Waals surface area contributed by atoms with Crippen LogP contribution in [0.25, 0.3) is 11.4 Å². The second-order valence-corrected chi connectivity index (χ2v) is 7.40. The SMILES string of the molecule is COc1ccc(-c2nnc(SCC(=O)NCC(F)(F)F)n2CC2CCCO2)cc1. The molecule has 11 heteroatoms. The molecule has 1 fully saturated rings. The zero-order valence-corrected chi connectivity index (χ0v) is 16.6. The Bertz CT molecular complexity index is 821. The molecule has 1 aliphatic heterocycles. The number of alkyl halides is 3. The average Bonchev–Trinajstić information content (AvgIpc) is 3.35. The van der Waals surface area contributed by atoms with Crippen LogP contribution in [0, 0.1) is 0 Å². The molecular formula is C18H21F3N4O3S. The van der Waals surface area contributed by atoms with Gasteiger partial charge in [0.1, 0.15) is 12.3 Å². The van der Waals surface area contributed by atoms with E-state index in [0.29, 0.717) is 29.9 Å². The van der Waals surface area contributed by atoms with E-state index in [-0.39, 0.29) is 11.9 Å². The quantitative estimate of drug-likeness (QED) is 0.649. The van der Waals surface area contributed by atoms with Gasteiger partial charge in [-0.1, -0.05) is 11.8 Å². The molecule has 1 N–H and O–H groups in total. The Kier molecular flexibility index (Phi) is 7.01. The Hall–Kier alpha value is -2.27. The van der Waals surface area contributed by atoms with E-state index >= 15 is 0 Å². The van der Waals surface area contributed by atoms with Gasteiger partial charge < -0.3 is 14.8 Å². The van der Waals surface area contributed by atoms with Gasteiger partial charge in [0.2, 0.25) is 5.91 Å². The van der Waals surface area contributed by atoms with Crippen LogP contribution >= 0.6 is 11.8 Å². The molecule has 1 unspecified atom stereocenters. The van der Waals surface area contributed by atoms with E-state index in [1.165, 1.54) is 0 Å². The normalized spacial score (nSPS) is 16.8. The number of thioether (sulfide) groups is 1. The highest BCUT2D eigenvalue weighted by Crippen LogP contribution is 2.27. The number of nitrogens with one attached hydrogen (secondary N) is 1. The molecular weight excluding hydrogens is 409 g/mol. The zero-order valence-electron chi connectivity index (χ0n) is 15.7. The minimum Gasteiger partial charge on any atom is -0.497 e. The second kappa shape index (κ2) is 9.49. The Morgan fingerprint density at radius 1 is 1.34 bits per heavy atom. The predicted octanol–water partition coefficient (Wildman–Crippen LogP) is 2.90. The maximum Gasteiger partial charge on any atom is 0.405 e. The van der Waals surface area contributed by atoms with Crippen LogP contribution in [0.5, 0.6) is 5.75 Å². The van der Waals surface area contributed by atoms with Crippen molar-refractivity contribution < 1.29 is 27.4 Å². The average molecular weight is 430 g/mol. The molecule has 29 heavy (non-hydrogen) atoms. The Labute approximate surface area is 170 Å². The summed E-state index contributed by atoms with van der Waals surface area (Å²) in [4.78, 5) is 11.7. The van der Waals surface area contributed by atoms with Gasteiger partial charge >= 0.3 is 6.18 Å². The zero-order chi connectivity index (χ0) is 20.9. The molecule has 3 rings (SSSR count). The number of halogens is 3. The van der Waals surface area contributed by atoms with Gasteiger partial charge in [-0.2, -0.15) is 13.2 Å². The van der Waals surface area contributed by atoms with Gasteiger partial charge in [0.25, 0.3) is 0 Å². The number of carbonyl (C=O) groups excluding carboxylic acids is 1. The number of carbonyl (C=O) groups is 1. The van der Waals surface area contributed by atoms with Crippen LogP contribution in [-0.4, -0.2) is 59.0 Å². The topological polar surface area (TPSA) is 78.3 Å². The fourth-order valence-electron chi connectivity index (χ4n) is 2.89. The van der Waals surface area contributed by atoms with Gasteiger partial charge in [0.05, 0.1) is 25.5 Å². The Balaban J connectivity index is 1.75. The molecule has 1 saturated heterocycles. The highest BCUT2D eigenvalue weighted by molar-refractivity contribution is 7.99. The van der Waals surface area contributed by atoms with Crippen LogP contribution < -0.4 is 10.1 Å². The van der Waals surface area contributed by atoms with Crippen LogP contribution in [0.4, 0.5) is 13.2 Å². The molecule has 0 spiro atoms. The standard InChI is InChI=1S/C18H21F3N4O3S/c1-27-13-6-4-12(5-7-13)16-23-24-17(25(16)9-14-3-2-8-28-14)29-10-15(26)22-11-18(19,20)21/h4-7,14H,2-3,8-11H2,1H3,(H,22,26). The van der Waals surface area contributed by atoms with Gasteiger partial charge in [-0.15, -0.1) is 10.2 Å². The minimum absolute atomic E-state index is 0.00130. The summed E-state index contributed by atoms with van der Waals surface area (Å²) in [7, 11) is 1.58. The van der Waals surface area contributed by atoms with Crippen molar-refractivity contribution in [2.24, 2.45) is 0 Å². The highest BCUT2D eigenvalue weighted by Gasteiger charge is 2.28. The number of aromatic nitrogens is 3. The summed E-state index contributed by atoms with van der Waals surface area (Å²) in [6.07, 6.45) is -2.58. The van der Waals surface area contributed by atoms with Gasteiger partial charge in [-0.25, -0.2) is 0 Å². The van der Waals surface area contributed by atoms with E-state index in [2.05, 4.69) is 10.2 Å². The molecule has 0 saturated carbocycles. The molecule has 1 atom stereocenters. The summed E-state index contributed by atoms with van der Waals surface area (Å²) in [5.41, 5.74) is 0.810. The largest absolute Gasteiger partial charge is 0.497 e. The van der Waals surface area contributed by atoms with E-state index in [1.807, 2.05) is 22.0 Å². The molecule has 1 aromatic carbocycles. The van der Waals surface area contributed by atoms with E-state index in [0.717, 1.165) is 30.2 Å². The van der Waals surface area contributed by atoms with Crippen molar-refractivity contribution in [3.63, 3.8) is 0 Å². The number of hydrogen-bond acceptors (Lipinski definition) is 6. The van der Waals surface area contributed by atoms with Crippen molar-refractivity contribution in [2.75, 3.05) is 26.0 Å². The monoisotopic (exact) mass is 430 g/mol. The van der Waals surface area contributed by atoms with Crippen LogP contribution in [0.3, 0.4) is 0 Å². The predicted molar refractivity (Wildman–Crippen MR) is 101 cm³/mol. The lowest BCUT2D eigenvalue weighted by Gasteiger charge is -2.15. The first-order valence-corrected chi connectivity index (χ1v) is 10.00. The van der Waals surface area contributed by atoms with E-state index in [4.69, 9.17) is 9.47 Å². The van der Waals surface area contributed by atoms with E-state index in [9.17, 15) is 18.0 Å². The van der Waals surface area contributed by atoms with E-state index in [1.54, 1.807) is 19.2 Å². The number of rotatable bonds is 8. The third-order valence-electron chi connectivity index (χ3n) is 4.29. The summed E-state index contributed by atoms with van der Waals surface area (Å²) in [6.45, 7) is -0.167. The van der Waals surface area contributed by atoms with Crippen LogP contribution in [0.2, 0.25) is 0 Å². The van der Waals surface area contributed by atoms with Crippen LogP contribution in [0.1, 0.15) is 12.8 Å². The number of methoxy groups -OCH3 is 1. The first-order chi connectivity index (χ1) is 13.9. The van der Waals surface area contributed by atoms with Crippen molar-refractivity contribution in [1.82, 2.24) is 20.1 Å². The first kappa shape index (κ1) is 21.4. The molecule has 2 heterocycles. The summed E-state index contributed by atoms with van der Waals surface area (Å²) in [5, 5.41) is 10.7. The molecule has 1 aromatic heterocycles. The fourth-order valence-corrected chi connectivity index (χ4v) is 3.66. The van der Waals surface area contributed by atoms with Gasteiger partial charge in [0, 0.05) is 12.2 Å². The molecule has 0 aliphatic carbocycles. The molecule has 7 nitrogen and oxygen atoms in total. The molecule has 2 aromatic rings. The molecule has 1 amide bonds. The molecule has 158 valence electrons. The Morgan fingerprint density at radius 3 is 2.72 bits per heavy atom. The minimum atomic E-state index is -4.44. The number of hydrogen-bond donors (Lipinski definition) is 1. The fraction of sp³-hybridized carbons (Fsp3) is 0.500. The lowest BCUT2D eigenvalue weighted by atomic mass is 10.2. The summed E-state index contributed by atoms with van der Waals surface area (Å²) in [5.74, 6) is 0.392. The summed E-state index contributed by atoms with van der Waals surface area (Å²) >= 11 is 1.04. The number of amides is 1. The summed E-state index contributed by atoms with van der Waals surface area (Å²) in [6, 6.07) is 7.30. The van der Waals surface area contributed by atoms with Gasteiger partial charge in [-0.3, -0.25) is 9.36 Å². The molecule has 0 bridgehead atoms. The van der Waals surface area contributed by atoms with Crippen LogP contribution in [0.15, 0.2) is 29.4 Å². The van der Waals surface area contributed by atoms with Crippen molar-refractivity contribution >= 4 is 17.7 Å². The summed E-state index contributed by atoms with van der Waals surface area (Å²) < 4.78 is 49.5. The smallest absolute Gasteiger partial charge is 0.405 e. The molecule has 0 radical (unpaired) electrons. The van der Waals surface area contributed by atoms with E-state index < -0.39 is 18.6 Å². The number of benzene rings is 1. The first-order valence-electron chi connectivity index (χ1n) is 9.01.